The van der Waals surface area contributed by atoms with E-state index in [1.165, 1.54) is 0 Å². The van der Waals surface area contributed by atoms with E-state index in [4.69, 9.17) is 0 Å². The molecule has 0 spiro atoms. The molecule has 0 amide bonds. The van der Waals surface area contributed by atoms with E-state index in [-0.39, 0.29) is 6.10 Å². The minimum atomic E-state index is 0.0810. The Morgan fingerprint density at radius 1 is 1.86 bits per heavy atom. The molecule has 0 aromatic rings. The topological polar surface area (TPSA) is 26.3 Å². The molecule has 0 radical (unpaired) electrons. The zero-order valence-corrected chi connectivity index (χ0v) is 4.68. The Morgan fingerprint density at radius 3 is 2.57 bits per heavy atom. The molecule has 40 valence electrons. The molecular formula is C4H9BO2. The molecule has 0 heterocycles. The molecule has 2 nitrogen and oxygen atoms in total. The summed E-state index contributed by atoms with van der Waals surface area (Å²) in [6.45, 7) is 3.82. The van der Waals surface area contributed by atoms with Crippen molar-refractivity contribution in [2.75, 3.05) is 0 Å². The van der Waals surface area contributed by atoms with Crippen LogP contribution in [-0.4, -0.2) is 13.5 Å². The summed E-state index contributed by atoms with van der Waals surface area (Å²) in [7, 11) is 0.480. The third-order valence-electron chi connectivity index (χ3n) is 0.863. The Hall–Kier alpha value is -0.335. The summed E-state index contributed by atoms with van der Waals surface area (Å²) < 4.78 is 14.1. The van der Waals surface area contributed by atoms with Gasteiger partial charge in [0.2, 0.25) is 0 Å². The van der Waals surface area contributed by atoms with Crippen LogP contribution in [0.15, 0.2) is 0 Å². The summed E-state index contributed by atoms with van der Waals surface area (Å²) in [6, 6.07) is 0. The van der Waals surface area contributed by atoms with Crippen LogP contribution < -0.4 is 0 Å². The summed E-state index contributed by atoms with van der Waals surface area (Å²) in [5.41, 5.74) is 0. The summed E-state index contributed by atoms with van der Waals surface area (Å²) in [4.78, 5) is 0. The first-order valence-electron chi connectivity index (χ1n) is 2.40. The van der Waals surface area contributed by atoms with Crippen LogP contribution in [0.5, 0.6) is 0 Å². The van der Waals surface area contributed by atoms with Crippen molar-refractivity contribution in [3.8, 4) is 0 Å². The first kappa shape index (κ1) is 6.66. The van der Waals surface area contributed by atoms with Crippen molar-refractivity contribution in [2.24, 2.45) is 0 Å². The average Bonchev–Trinajstić information content (AvgIpc) is 1.68. The van der Waals surface area contributed by atoms with Gasteiger partial charge in [-0.05, 0) is 0 Å². The second kappa shape index (κ2) is 3.84. The molecule has 0 saturated heterocycles. The van der Waals surface area contributed by atoms with Crippen molar-refractivity contribution >= 4 is 7.35 Å². The van der Waals surface area contributed by atoms with Gasteiger partial charge in [-0.3, -0.25) is 0 Å². The van der Waals surface area contributed by atoms with Crippen LogP contribution in [-0.2, 0) is 9.36 Å². The monoisotopic (exact) mass is 100 g/mol. The van der Waals surface area contributed by atoms with Gasteiger partial charge >= 0.3 is 43.1 Å². The van der Waals surface area contributed by atoms with E-state index < -0.39 is 0 Å². The Labute approximate surface area is 44.1 Å². The Bertz CT molecular complexity index is 55.7. The van der Waals surface area contributed by atoms with E-state index in [9.17, 15) is 4.70 Å². The van der Waals surface area contributed by atoms with Crippen LogP contribution in [0.4, 0.5) is 0 Å². The number of rotatable bonds is 3. The van der Waals surface area contributed by atoms with Gasteiger partial charge in [0.05, 0.1) is 0 Å². The van der Waals surface area contributed by atoms with Crippen molar-refractivity contribution < 1.29 is 9.36 Å². The second-order valence-corrected chi connectivity index (χ2v) is 1.45. The van der Waals surface area contributed by atoms with E-state index in [1.807, 2.05) is 13.8 Å². The normalized spacial score (nSPS) is 12.3. The van der Waals surface area contributed by atoms with Gasteiger partial charge in [0.25, 0.3) is 0 Å². The van der Waals surface area contributed by atoms with Crippen LogP contribution in [0.1, 0.15) is 20.3 Å². The van der Waals surface area contributed by atoms with Gasteiger partial charge in [-0.1, -0.05) is 0 Å². The summed E-state index contributed by atoms with van der Waals surface area (Å²) in [6.07, 6.45) is 0.969. The fourth-order valence-corrected chi connectivity index (χ4v) is 0.191. The summed E-state index contributed by atoms with van der Waals surface area (Å²) in [5.74, 6) is 0. The molecule has 0 aliphatic heterocycles. The van der Waals surface area contributed by atoms with Gasteiger partial charge < -0.3 is 0 Å². The fourth-order valence-electron chi connectivity index (χ4n) is 0.191. The molecule has 7 heavy (non-hydrogen) atoms. The van der Waals surface area contributed by atoms with Gasteiger partial charge in [-0.2, -0.15) is 0 Å². The first-order chi connectivity index (χ1) is 3.31. The van der Waals surface area contributed by atoms with Gasteiger partial charge in [0.1, 0.15) is 0 Å². The molecule has 1 atom stereocenters. The zero-order chi connectivity index (χ0) is 5.70. The molecule has 0 bridgehead atoms. The van der Waals surface area contributed by atoms with Gasteiger partial charge in [0, 0.05) is 0 Å². The number of hydrogen-bond donors (Lipinski definition) is 0. The predicted octanol–water partition coefficient (Wildman–Crippen LogP) is 0.766. The van der Waals surface area contributed by atoms with E-state index in [0.717, 1.165) is 6.42 Å². The van der Waals surface area contributed by atoms with E-state index in [0.29, 0.717) is 7.35 Å². The fraction of sp³-hybridized carbons (Fsp3) is 1.00. The molecule has 0 rings (SSSR count). The zero-order valence-electron chi connectivity index (χ0n) is 4.68. The third kappa shape index (κ3) is 3.50. The maximum atomic E-state index is 9.55. The van der Waals surface area contributed by atoms with Crippen LogP contribution in [0.3, 0.4) is 0 Å². The van der Waals surface area contributed by atoms with Gasteiger partial charge in [-0.15, -0.1) is 0 Å². The average molecular weight is 99.9 g/mol. The van der Waals surface area contributed by atoms with Crippen LogP contribution >= 0.6 is 0 Å². The van der Waals surface area contributed by atoms with Crippen LogP contribution in [0.25, 0.3) is 0 Å². The first-order valence-corrected chi connectivity index (χ1v) is 2.40. The molecule has 0 aliphatic rings. The molecule has 0 aromatic heterocycles. The summed E-state index contributed by atoms with van der Waals surface area (Å²) in [5, 5.41) is 0. The van der Waals surface area contributed by atoms with Crippen molar-refractivity contribution in [3.63, 3.8) is 0 Å². The van der Waals surface area contributed by atoms with E-state index >= 15 is 0 Å². The van der Waals surface area contributed by atoms with Crippen molar-refractivity contribution in [3.05, 3.63) is 0 Å². The van der Waals surface area contributed by atoms with E-state index in [2.05, 4.69) is 4.65 Å². The molecule has 3 heteroatoms. The molecule has 0 saturated carbocycles. The number of hydrogen-bond acceptors (Lipinski definition) is 2. The van der Waals surface area contributed by atoms with Crippen LogP contribution in [0.2, 0.25) is 0 Å². The SMILES string of the molecule is CCC(C)OB=O. The molecule has 0 aromatic carbocycles. The molecule has 0 fully saturated rings. The Balaban J connectivity index is 2.98. The molecular weight excluding hydrogens is 90.9 g/mol. The van der Waals surface area contributed by atoms with Gasteiger partial charge in [-0.25, -0.2) is 0 Å². The van der Waals surface area contributed by atoms with Crippen molar-refractivity contribution in [1.29, 1.82) is 0 Å². The van der Waals surface area contributed by atoms with Gasteiger partial charge in [0.15, 0.2) is 0 Å². The Morgan fingerprint density at radius 2 is 2.43 bits per heavy atom. The molecule has 1 unspecified atom stereocenters. The minimum absolute atomic E-state index is 0.0810. The van der Waals surface area contributed by atoms with Crippen molar-refractivity contribution in [2.45, 2.75) is 26.4 Å². The van der Waals surface area contributed by atoms with E-state index in [1.54, 1.807) is 0 Å². The third-order valence-corrected chi connectivity index (χ3v) is 0.863. The second-order valence-electron chi connectivity index (χ2n) is 1.45. The molecule has 0 N–H and O–H groups in total. The maximum absolute atomic E-state index is 9.55. The van der Waals surface area contributed by atoms with Crippen LogP contribution in [0, 0.1) is 0 Å². The standard InChI is InChI=1S/C4H9BO2/c1-3-4(2)7-5-6/h4H,3H2,1-2H3. The van der Waals surface area contributed by atoms with Crippen molar-refractivity contribution in [1.82, 2.24) is 0 Å². The summed E-state index contributed by atoms with van der Waals surface area (Å²) >= 11 is 0. The predicted molar refractivity (Wildman–Crippen MR) is 27.3 cm³/mol. The quantitative estimate of drug-likeness (QED) is 0.489. The molecule has 0 aliphatic carbocycles. The Kier molecular flexibility index (Phi) is 3.66.